The number of aromatic amines is 1. The molecule has 0 atom stereocenters. The van der Waals surface area contributed by atoms with Crippen LogP contribution in [0.25, 0.3) is 0 Å². The highest BCUT2D eigenvalue weighted by Gasteiger charge is 2.23. The number of carboxylic acids is 1. The van der Waals surface area contributed by atoms with Crippen molar-refractivity contribution in [3.05, 3.63) is 57.6 Å². The van der Waals surface area contributed by atoms with Gasteiger partial charge >= 0.3 is 5.97 Å². The molecule has 0 spiro atoms. The lowest BCUT2D eigenvalue weighted by atomic mass is 9.89. The minimum Gasteiger partial charge on any atom is -0.478 e. The van der Waals surface area contributed by atoms with Gasteiger partial charge in [0.05, 0.1) is 5.56 Å². The molecule has 1 aliphatic heterocycles. The highest BCUT2D eigenvalue weighted by molar-refractivity contribution is 5.87. The van der Waals surface area contributed by atoms with Crippen molar-refractivity contribution in [2.45, 2.75) is 32.1 Å². The second-order valence-corrected chi connectivity index (χ2v) is 6.71. The first-order valence-corrected chi connectivity index (χ1v) is 8.78. The molecule has 0 bridgehead atoms. The number of benzene rings is 1. The summed E-state index contributed by atoms with van der Waals surface area (Å²) in [5, 5.41) is 11.3. The minimum atomic E-state index is -0.912. The van der Waals surface area contributed by atoms with Crippen LogP contribution in [0.1, 0.15) is 40.9 Å². The number of hydrogen-bond acceptors (Lipinski definition) is 4. The van der Waals surface area contributed by atoms with Gasteiger partial charge in [0, 0.05) is 32.0 Å². The van der Waals surface area contributed by atoms with Crippen molar-refractivity contribution >= 4 is 11.9 Å². The summed E-state index contributed by atoms with van der Waals surface area (Å²) in [6.07, 6.45) is 3.38. The fraction of sp³-hybridized carbons (Fsp3) is 0.421. The highest BCUT2D eigenvalue weighted by atomic mass is 16.5. The number of piperidine rings is 1. The third kappa shape index (κ3) is 4.62. The van der Waals surface area contributed by atoms with Crippen LogP contribution >= 0.6 is 0 Å². The van der Waals surface area contributed by atoms with Gasteiger partial charge in [-0.25, -0.2) is 4.79 Å². The quantitative estimate of drug-likeness (QED) is 0.823. The Labute approximate surface area is 150 Å². The van der Waals surface area contributed by atoms with E-state index in [0.717, 1.165) is 24.8 Å². The van der Waals surface area contributed by atoms with E-state index in [1.165, 1.54) is 6.07 Å². The molecule has 7 heteroatoms. The molecule has 1 aromatic carbocycles. The molecule has 3 rings (SSSR count). The van der Waals surface area contributed by atoms with Gasteiger partial charge in [0.15, 0.2) is 0 Å². The van der Waals surface area contributed by atoms with Gasteiger partial charge in [-0.2, -0.15) is 5.16 Å². The zero-order chi connectivity index (χ0) is 18.5. The van der Waals surface area contributed by atoms with Crippen LogP contribution in [-0.4, -0.2) is 40.1 Å². The molecule has 138 valence electrons. The molecule has 2 N–H and O–H groups in total. The molecule has 1 aromatic heterocycles. The molecule has 7 nitrogen and oxygen atoms in total. The van der Waals surface area contributed by atoms with Gasteiger partial charge < -0.3 is 14.5 Å². The summed E-state index contributed by atoms with van der Waals surface area (Å²) in [5.74, 6) is 0.105. The fourth-order valence-electron chi connectivity index (χ4n) is 3.38. The lowest BCUT2D eigenvalue weighted by Gasteiger charge is -2.32. The maximum absolute atomic E-state index is 12.3. The lowest BCUT2D eigenvalue weighted by Crippen LogP contribution is -2.39. The zero-order valence-electron chi connectivity index (χ0n) is 14.4. The van der Waals surface area contributed by atoms with Gasteiger partial charge in [-0.15, -0.1) is 0 Å². The van der Waals surface area contributed by atoms with E-state index in [2.05, 4.69) is 5.16 Å². The van der Waals surface area contributed by atoms with Crippen LogP contribution in [0.4, 0.5) is 0 Å². The minimum absolute atomic E-state index is 0.0696. The van der Waals surface area contributed by atoms with E-state index in [1.54, 1.807) is 18.2 Å². The van der Waals surface area contributed by atoms with Crippen LogP contribution in [0.3, 0.4) is 0 Å². The van der Waals surface area contributed by atoms with Crippen molar-refractivity contribution < 1.29 is 19.2 Å². The van der Waals surface area contributed by atoms with Crippen LogP contribution in [0, 0.1) is 5.92 Å². The second-order valence-electron chi connectivity index (χ2n) is 6.71. The summed E-state index contributed by atoms with van der Waals surface area (Å²) in [6.45, 7) is 1.42. The molecule has 2 heterocycles. The van der Waals surface area contributed by atoms with Gasteiger partial charge in [-0.3, -0.25) is 9.59 Å². The summed E-state index contributed by atoms with van der Waals surface area (Å²) in [7, 11) is 0. The summed E-state index contributed by atoms with van der Waals surface area (Å²) in [5.41, 5.74) is 1.05. The highest BCUT2D eigenvalue weighted by Crippen LogP contribution is 2.23. The van der Waals surface area contributed by atoms with Crippen LogP contribution in [-0.2, 0) is 17.6 Å². The Bertz CT molecular complexity index is 830. The Morgan fingerprint density at radius 1 is 1.23 bits per heavy atom. The van der Waals surface area contributed by atoms with Crippen molar-refractivity contribution in [3.63, 3.8) is 0 Å². The number of likely N-dealkylation sites (tertiary alicyclic amines) is 1. The monoisotopic (exact) mass is 358 g/mol. The van der Waals surface area contributed by atoms with Crippen LogP contribution in [0.15, 0.2) is 39.6 Å². The number of carbonyl (C=O) groups is 2. The average Bonchev–Trinajstić information content (AvgIpc) is 3.06. The third-order valence-electron chi connectivity index (χ3n) is 4.83. The van der Waals surface area contributed by atoms with E-state index >= 15 is 0 Å². The molecule has 1 amide bonds. The number of amides is 1. The maximum atomic E-state index is 12.3. The van der Waals surface area contributed by atoms with Gasteiger partial charge in [0.1, 0.15) is 5.76 Å². The van der Waals surface area contributed by atoms with Crippen LogP contribution < -0.4 is 5.56 Å². The number of aromatic nitrogens is 1. The van der Waals surface area contributed by atoms with Crippen LogP contribution in [0.5, 0.6) is 0 Å². The summed E-state index contributed by atoms with van der Waals surface area (Å²) < 4.78 is 4.96. The predicted octanol–water partition coefficient (Wildman–Crippen LogP) is 2.08. The van der Waals surface area contributed by atoms with Gasteiger partial charge in [0.25, 0.3) is 5.56 Å². The van der Waals surface area contributed by atoms with Crippen molar-refractivity contribution in [1.82, 2.24) is 10.1 Å². The number of nitrogens with zero attached hydrogens (tertiary/aromatic N) is 1. The first kappa shape index (κ1) is 18.0. The summed E-state index contributed by atoms with van der Waals surface area (Å²) in [4.78, 5) is 36.2. The molecule has 1 aliphatic rings. The van der Waals surface area contributed by atoms with Crippen LogP contribution in [0.2, 0.25) is 0 Å². The number of hydrogen-bond donors (Lipinski definition) is 2. The van der Waals surface area contributed by atoms with Crippen molar-refractivity contribution in [3.8, 4) is 0 Å². The van der Waals surface area contributed by atoms with Crippen molar-refractivity contribution in [2.75, 3.05) is 13.1 Å². The predicted molar refractivity (Wildman–Crippen MR) is 94.1 cm³/mol. The average molecular weight is 358 g/mol. The smallest absolute Gasteiger partial charge is 0.335 e. The summed E-state index contributed by atoms with van der Waals surface area (Å²) in [6, 6.07) is 8.42. The van der Waals surface area contributed by atoms with E-state index in [0.29, 0.717) is 43.2 Å². The summed E-state index contributed by atoms with van der Waals surface area (Å²) >= 11 is 0. The SMILES string of the molecule is O=C(O)c1cccc(CC2CCN(C(=O)CCc3cc(=O)[nH]o3)CC2)c1. The Hall–Kier alpha value is -2.83. The fourth-order valence-corrected chi connectivity index (χ4v) is 3.38. The van der Waals surface area contributed by atoms with E-state index < -0.39 is 5.97 Å². The molecule has 0 aliphatic carbocycles. The molecule has 0 saturated carbocycles. The normalized spacial score (nSPS) is 15.2. The second kappa shape index (κ2) is 8.03. The molecule has 1 fully saturated rings. The largest absolute Gasteiger partial charge is 0.478 e. The standard InChI is InChI=1S/C19H22N2O5/c22-17-12-16(26-20-17)4-5-18(23)21-8-6-13(7-9-21)10-14-2-1-3-15(11-14)19(24)25/h1-3,11-13H,4-10H2,(H,20,22)(H,24,25). The first-order valence-electron chi connectivity index (χ1n) is 8.78. The third-order valence-corrected chi connectivity index (χ3v) is 4.83. The molecule has 0 radical (unpaired) electrons. The molecule has 2 aromatic rings. The van der Waals surface area contributed by atoms with E-state index in [-0.39, 0.29) is 11.5 Å². The van der Waals surface area contributed by atoms with Gasteiger partial charge in [-0.1, -0.05) is 12.1 Å². The topological polar surface area (TPSA) is 104 Å². The number of aromatic carboxylic acids is 1. The molecular weight excluding hydrogens is 336 g/mol. The molecule has 0 unspecified atom stereocenters. The van der Waals surface area contributed by atoms with E-state index in [9.17, 15) is 14.4 Å². The number of aryl methyl sites for hydroxylation is 1. The van der Waals surface area contributed by atoms with Gasteiger partial charge in [-0.05, 0) is 42.9 Å². The number of carbonyl (C=O) groups excluding carboxylic acids is 1. The zero-order valence-corrected chi connectivity index (χ0v) is 14.4. The first-order chi connectivity index (χ1) is 12.5. The number of H-pyrrole nitrogens is 1. The number of rotatable bonds is 6. The molecular formula is C19H22N2O5. The Morgan fingerprint density at radius 3 is 2.65 bits per heavy atom. The van der Waals surface area contributed by atoms with Crippen molar-refractivity contribution in [1.29, 1.82) is 0 Å². The van der Waals surface area contributed by atoms with Gasteiger partial charge in [0.2, 0.25) is 5.91 Å². The maximum Gasteiger partial charge on any atom is 0.335 e. The lowest BCUT2D eigenvalue weighted by molar-refractivity contribution is -0.132. The van der Waals surface area contributed by atoms with Crippen molar-refractivity contribution in [2.24, 2.45) is 5.92 Å². The number of nitrogens with one attached hydrogen (secondary N) is 1. The number of carboxylic acid groups (broad SMARTS) is 1. The Morgan fingerprint density at radius 2 is 2.00 bits per heavy atom. The molecule has 1 saturated heterocycles. The molecule has 26 heavy (non-hydrogen) atoms. The van der Waals surface area contributed by atoms with E-state index in [1.807, 2.05) is 11.0 Å². The van der Waals surface area contributed by atoms with E-state index in [4.69, 9.17) is 9.63 Å². The Kier molecular flexibility index (Phi) is 5.55. The Balaban J connectivity index is 1.46.